The lowest BCUT2D eigenvalue weighted by atomic mass is 10.1. The van der Waals surface area contributed by atoms with E-state index >= 15 is 0 Å². The molecule has 0 radical (unpaired) electrons. The predicted molar refractivity (Wildman–Crippen MR) is 89.6 cm³/mol. The summed E-state index contributed by atoms with van der Waals surface area (Å²) in [4.78, 5) is 13.8. The van der Waals surface area contributed by atoms with Crippen molar-refractivity contribution in [3.8, 4) is 11.5 Å². The van der Waals surface area contributed by atoms with Crippen LogP contribution in [0.1, 0.15) is 37.6 Å². The number of nitrogens with zero attached hydrogens (tertiary/aromatic N) is 1. The van der Waals surface area contributed by atoms with Gasteiger partial charge in [0, 0.05) is 25.2 Å². The average molecular weight is 321 g/mol. The number of ether oxygens (including phenoxy) is 3. The Morgan fingerprint density at radius 3 is 2.57 bits per heavy atom. The van der Waals surface area contributed by atoms with Crippen molar-refractivity contribution in [1.82, 2.24) is 4.90 Å². The van der Waals surface area contributed by atoms with Gasteiger partial charge in [-0.05, 0) is 45.4 Å². The van der Waals surface area contributed by atoms with Crippen LogP contribution in [-0.2, 0) is 4.74 Å². The monoisotopic (exact) mass is 321 g/mol. The second-order valence-corrected chi connectivity index (χ2v) is 6.14. The van der Waals surface area contributed by atoms with E-state index in [0.29, 0.717) is 35.9 Å². The number of rotatable bonds is 7. The number of Topliss-reactive ketones (excluding diaryl/α,β-unsaturated/α-hetero) is 1. The normalized spacial score (nSPS) is 21.9. The third-order valence-electron chi connectivity index (χ3n) is 3.94. The summed E-state index contributed by atoms with van der Waals surface area (Å²) in [6.07, 6.45) is 1.52. The van der Waals surface area contributed by atoms with Crippen LogP contribution >= 0.6 is 0 Å². The lowest BCUT2D eigenvalue weighted by Crippen LogP contribution is -2.45. The minimum absolute atomic E-state index is 0.0189. The molecule has 1 aromatic carbocycles. The van der Waals surface area contributed by atoms with Crippen molar-refractivity contribution in [3.05, 3.63) is 23.8 Å². The van der Waals surface area contributed by atoms with Gasteiger partial charge >= 0.3 is 0 Å². The molecule has 5 heteroatoms. The van der Waals surface area contributed by atoms with Crippen molar-refractivity contribution in [3.63, 3.8) is 0 Å². The second kappa shape index (κ2) is 8.31. The fraction of sp³-hybridized carbons (Fsp3) is 0.611. The molecule has 0 unspecified atom stereocenters. The molecule has 0 bridgehead atoms. The number of benzene rings is 1. The zero-order valence-corrected chi connectivity index (χ0v) is 14.5. The summed E-state index contributed by atoms with van der Waals surface area (Å²) >= 11 is 0. The van der Waals surface area contributed by atoms with E-state index in [-0.39, 0.29) is 5.78 Å². The smallest absolute Gasteiger partial charge is 0.161 e. The van der Waals surface area contributed by atoms with Crippen LogP contribution in [-0.4, -0.2) is 56.2 Å². The fourth-order valence-corrected chi connectivity index (χ4v) is 2.94. The van der Waals surface area contributed by atoms with Crippen molar-refractivity contribution in [2.45, 2.75) is 39.4 Å². The topological polar surface area (TPSA) is 48.0 Å². The van der Waals surface area contributed by atoms with Gasteiger partial charge in [-0.3, -0.25) is 9.69 Å². The van der Waals surface area contributed by atoms with Crippen molar-refractivity contribution in [2.75, 3.05) is 33.4 Å². The molecule has 0 aromatic heterocycles. The summed E-state index contributed by atoms with van der Waals surface area (Å²) < 4.78 is 16.9. The molecule has 0 spiro atoms. The van der Waals surface area contributed by atoms with E-state index in [0.717, 1.165) is 26.1 Å². The predicted octanol–water partition coefficient (Wildman–Crippen LogP) is 2.78. The van der Waals surface area contributed by atoms with Crippen molar-refractivity contribution >= 4 is 5.78 Å². The van der Waals surface area contributed by atoms with E-state index in [2.05, 4.69) is 18.7 Å². The number of carbonyl (C=O) groups excluding carboxylic acids is 1. The highest BCUT2D eigenvalue weighted by Crippen LogP contribution is 2.28. The van der Waals surface area contributed by atoms with Gasteiger partial charge < -0.3 is 14.2 Å². The molecule has 128 valence electrons. The largest absolute Gasteiger partial charge is 0.493 e. The van der Waals surface area contributed by atoms with Crippen LogP contribution < -0.4 is 9.47 Å². The van der Waals surface area contributed by atoms with Crippen molar-refractivity contribution in [1.29, 1.82) is 0 Å². The summed E-state index contributed by atoms with van der Waals surface area (Å²) in [5.74, 6) is 1.30. The molecule has 1 fully saturated rings. The van der Waals surface area contributed by atoms with Crippen LogP contribution in [0.2, 0.25) is 0 Å². The molecule has 5 nitrogen and oxygen atoms in total. The minimum Gasteiger partial charge on any atom is -0.493 e. The van der Waals surface area contributed by atoms with Gasteiger partial charge in [-0.25, -0.2) is 0 Å². The first kappa shape index (κ1) is 17.8. The van der Waals surface area contributed by atoms with Crippen molar-refractivity contribution in [2.24, 2.45) is 0 Å². The van der Waals surface area contributed by atoms with Crippen LogP contribution in [0, 0.1) is 0 Å². The van der Waals surface area contributed by atoms with Gasteiger partial charge in [-0.2, -0.15) is 0 Å². The third-order valence-corrected chi connectivity index (χ3v) is 3.94. The molecule has 2 rings (SSSR count). The van der Waals surface area contributed by atoms with Crippen LogP contribution in [0.3, 0.4) is 0 Å². The highest BCUT2D eigenvalue weighted by atomic mass is 16.5. The molecule has 0 aliphatic carbocycles. The fourth-order valence-electron chi connectivity index (χ4n) is 2.94. The zero-order chi connectivity index (χ0) is 16.8. The first-order valence-corrected chi connectivity index (χ1v) is 8.19. The van der Waals surface area contributed by atoms with E-state index < -0.39 is 0 Å². The lowest BCUT2D eigenvalue weighted by molar-refractivity contribution is -0.0686. The van der Waals surface area contributed by atoms with E-state index in [4.69, 9.17) is 14.2 Å². The van der Waals surface area contributed by atoms with E-state index in [1.807, 2.05) is 0 Å². The van der Waals surface area contributed by atoms with Gasteiger partial charge in [0.15, 0.2) is 17.3 Å². The molecule has 1 saturated heterocycles. The summed E-state index contributed by atoms with van der Waals surface area (Å²) in [6, 6.07) is 5.29. The molecule has 1 aliphatic heterocycles. The van der Waals surface area contributed by atoms with Gasteiger partial charge in [0.05, 0.1) is 25.9 Å². The summed E-state index contributed by atoms with van der Waals surface area (Å²) in [6.45, 7) is 9.32. The number of hydrogen-bond donors (Lipinski definition) is 0. The van der Waals surface area contributed by atoms with Gasteiger partial charge in [-0.15, -0.1) is 0 Å². The van der Waals surface area contributed by atoms with Gasteiger partial charge in [0.25, 0.3) is 0 Å². The first-order chi connectivity index (χ1) is 11.0. The quantitative estimate of drug-likeness (QED) is 0.571. The second-order valence-electron chi connectivity index (χ2n) is 6.14. The molecule has 0 amide bonds. The maximum atomic E-state index is 11.4. The Morgan fingerprint density at radius 1 is 1.26 bits per heavy atom. The van der Waals surface area contributed by atoms with Crippen LogP contribution in [0.4, 0.5) is 0 Å². The summed E-state index contributed by atoms with van der Waals surface area (Å²) in [7, 11) is 1.59. The number of carbonyl (C=O) groups is 1. The minimum atomic E-state index is 0.0189. The Morgan fingerprint density at radius 2 is 1.96 bits per heavy atom. The number of ketones is 1. The molecular formula is C18H27NO4. The molecule has 23 heavy (non-hydrogen) atoms. The average Bonchev–Trinajstić information content (AvgIpc) is 2.50. The van der Waals surface area contributed by atoms with Gasteiger partial charge in [-0.1, -0.05) is 0 Å². The van der Waals surface area contributed by atoms with Crippen LogP contribution in [0.5, 0.6) is 11.5 Å². The molecule has 2 atom stereocenters. The lowest BCUT2D eigenvalue weighted by Gasteiger charge is -2.35. The van der Waals surface area contributed by atoms with E-state index in [1.165, 1.54) is 0 Å². The Hall–Kier alpha value is -1.59. The Kier molecular flexibility index (Phi) is 6.42. The summed E-state index contributed by atoms with van der Waals surface area (Å²) in [5, 5.41) is 0. The van der Waals surface area contributed by atoms with E-state index in [9.17, 15) is 4.79 Å². The Labute approximate surface area is 138 Å². The first-order valence-electron chi connectivity index (χ1n) is 8.19. The third kappa shape index (κ3) is 5.22. The highest BCUT2D eigenvalue weighted by molar-refractivity contribution is 5.94. The molecular weight excluding hydrogens is 294 g/mol. The molecule has 0 N–H and O–H groups in total. The highest BCUT2D eigenvalue weighted by Gasteiger charge is 2.21. The number of hydrogen-bond acceptors (Lipinski definition) is 5. The van der Waals surface area contributed by atoms with E-state index in [1.54, 1.807) is 32.2 Å². The van der Waals surface area contributed by atoms with Gasteiger partial charge in [0.2, 0.25) is 0 Å². The standard InChI is InChI=1S/C18H27NO4/c1-13-11-19(12-14(2)23-13)8-5-9-22-17-7-6-16(15(3)20)10-18(17)21-4/h6-7,10,13-14H,5,8-9,11-12H2,1-4H3/t13-,14-/m0/s1. The number of methoxy groups -OCH3 is 1. The molecule has 0 saturated carbocycles. The number of morpholine rings is 1. The summed E-state index contributed by atoms with van der Waals surface area (Å²) in [5.41, 5.74) is 0.630. The van der Waals surface area contributed by atoms with Crippen LogP contribution in [0.25, 0.3) is 0 Å². The Balaban J connectivity index is 1.81. The molecule has 1 heterocycles. The maximum Gasteiger partial charge on any atom is 0.161 e. The maximum absolute atomic E-state index is 11.4. The van der Waals surface area contributed by atoms with Crippen molar-refractivity contribution < 1.29 is 19.0 Å². The SMILES string of the molecule is COc1cc(C(C)=O)ccc1OCCCN1C[C@H](C)O[C@@H](C)C1. The molecule has 1 aromatic rings. The van der Waals surface area contributed by atoms with Crippen LogP contribution in [0.15, 0.2) is 18.2 Å². The molecule has 1 aliphatic rings. The Bertz CT molecular complexity index is 522. The zero-order valence-electron chi connectivity index (χ0n) is 14.5. The van der Waals surface area contributed by atoms with Gasteiger partial charge in [0.1, 0.15) is 0 Å².